The summed E-state index contributed by atoms with van der Waals surface area (Å²) in [6.45, 7) is 0.0977. The summed E-state index contributed by atoms with van der Waals surface area (Å²) in [5.41, 5.74) is 0. The van der Waals surface area contributed by atoms with Crippen molar-refractivity contribution in [1.29, 1.82) is 0 Å². The summed E-state index contributed by atoms with van der Waals surface area (Å²) in [6.07, 6.45) is 9.24. The van der Waals surface area contributed by atoms with E-state index in [2.05, 4.69) is 5.92 Å². The Morgan fingerprint density at radius 2 is 1.42 bits per heavy atom. The first kappa shape index (κ1) is 17.8. The summed E-state index contributed by atoms with van der Waals surface area (Å²) in [5, 5.41) is 1.87. The average Bonchev–Trinajstić information content (AvgIpc) is 2.34. The molecule has 110 valence electrons. The monoisotopic (exact) mass is 277 g/mol. The van der Waals surface area contributed by atoms with Crippen molar-refractivity contribution in [3.63, 3.8) is 0 Å². The molecule has 0 fully saturated rings. The number of alkyl halides is 3. The van der Waals surface area contributed by atoms with Gasteiger partial charge < -0.3 is 5.32 Å². The van der Waals surface area contributed by atoms with Crippen LogP contribution in [0.1, 0.15) is 57.8 Å². The van der Waals surface area contributed by atoms with Gasteiger partial charge in [0, 0.05) is 13.0 Å². The highest BCUT2D eigenvalue weighted by molar-refractivity contribution is 5.81. The third kappa shape index (κ3) is 11.6. The average molecular weight is 277 g/mol. The zero-order valence-electron chi connectivity index (χ0n) is 11.2. The third-order valence-corrected chi connectivity index (χ3v) is 2.79. The standard InChI is InChI=1S/C14H22F3NO/c1-2-3-4-5-6-7-8-9-10-11-12-18-13(19)14(15,16)17/h1H,3-12H2,(H,18,19). The van der Waals surface area contributed by atoms with Crippen molar-refractivity contribution < 1.29 is 18.0 Å². The van der Waals surface area contributed by atoms with Crippen molar-refractivity contribution in [2.24, 2.45) is 0 Å². The van der Waals surface area contributed by atoms with Gasteiger partial charge in [-0.15, -0.1) is 12.3 Å². The molecule has 0 spiro atoms. The van der Waals surface area contributed by atoms with Gasteiger partial charge in [0.15, 0.2) is 0 Å². The van der Waals surface area contributed by atoms with E-state index < -0.39 is 12.1 Å². The molecule has 0 saturated carbocycles. The Hall–Kier alpha value is -1.18. The van der Waals surface area contributed by atoms with Crippen LogP contribution in [0.3, 0.4) is 0 Å². The van der Waals surface area contributed by atoms with E-state index in [4.69, 9.17) is 6.42 Å². The third-order valence-electron chi connectivity index (χ3n) is 2.79. The highest BCUT2D eigenvalue weighted by Gasteiger charge is 2.38. The van der Waals surface area contributed by atoms with Crippen molar-refractivity contribution in [3.8, 4) is 12.3 Å². The van der Waals surface area contributed by atoms with Gasteiger partial charge in [0.1, 0.15) is 0 Å². The Morgan fingerprint density at radius 3 is 1.89 bits per heavy atom. The number of hydrogen-bond donors (Lipinski definition) is 1. The van der Waals surface area contributed by atoms with Crippen LogP contribution in [0.15, 0.2) is 0 Å². The van der Waals surface area contributed by atoms with Crippen LogP contribution in [0, 0.1) is 12.3 Å². The minimum atomic E-state index is -4.77. The van der Waals surface area contributed by atoms with E-state index in [1.807, 2.05) is 5.32 Å². The number of nitrogens with one attached hydrogen (secondary N) is 1. The Labute approximate surface area is 113 Å². The lowest BCUT2D eigenvalue weighted by Gasteiger charge is -2.07. The number of halogens is 3. The molecule has 0 heterocycles. The van der Waals surface area contributed by atoms with Gasteiger partial charge in [0.25, 0.3) is 0 Å². The Bertz CT molecular complexity index is 281. The van der Waals surface area contributed by atoms with E-state index in [1.165, 1.54) is 0 Å². The highest BCUT2D eigenvalue weighted by atomic mass is 19.4. The lowest BCUT2D eigenvalue weighted by molar-refractivity contribution is -0.173. The number of rotatable bonds is 10. The Morgan fingerprint density at radius 1 is 0.947 bits per heavy atom. The fourth-order valence-corrected chi connectivity index (χ4v) is 1.71. The molecule has 0 radical (unpaired) electrons. The van der Waals surface area contributed by atoms with Crippen molar-refractivity contribution >= 4 is 5.91 Å². The molecule has 0 aromatic carbocycles. The summed E-state index contributed by atoms with van der Waals surface area (Å²) in [7, 11) is 0. The van der Waals surface area contributed by atoms with Crippen LogP contribution in [-0.4, -0.2) is 18.6 Å². The molecular formula is C14H22F3NO. The maximum absolute atomic E-state index is 11.8. The van der Waals surface area contributed by atoms with Crippen LogP contribution < -0.4 is 5.32 Å². The second-order valence-electron chi connectivity index (χ2n) is 4.54. The molecule has 0 aromatic heterocycles. The summed E-state index contributed by atoms with van der Waals surface area (Å²) in [4.78, 5) is 10.5. The summed E-state index contributed by atoms with van der Waals surface area (Å²) in [6, 6.07) is 0. The molecule has 0 atom stereocenters. The maximum atomic E-state index is 11.8. The highest BCUT2D eigenvalue weighted by Crippen LogP contribution is 2.14. The number of unbranched alkanes of at least 4 members (excludes halogenated alkanes) is 8. The molecule has 2 nitrogen and oxygen atoms in total. The zero-order chi connectivity index (χ0) is 14.6. The fourth-order valence-electron chi connectivity index (χ4n) is 1.71. The Balaban J connectivity index is 3.20. The van der Waals surface area contributed by atoms with Crippen LogP contribution >= 0.6 is 0 Å². The molecule has 0 aliphatic rings. The molecular weight excluding hydrogens is 255 g/mol. The topological polar surface area (TPSA) is 29.1 Å². The molecule has 0 aromatic rings. The minimum Gasteiger partial charge on any atom is -0.348 e. The van der Waals surface area contributed by atoms with E-state index in [1.54, 1.807) is 0 Å². The van der Waals surface area contributed by atoms with Crippen molar-refractivity contribution in [2.45, 2.75) is 64.0 Å². The van der Waals surface area contributed by atoms with Gasteiger partial charge in [-0.2, -0.15) is 13.2 Å². The second-order valence-corrected chi connectivity index (χ2v) is 4.54. The first-order valence-electron chi connectivity index (χ1n) is 6.77. The number of carbonyl (C=O) groups excluding carboxylic acids is 1. The van der Waals surface area contributed by atoms with Gasteiger partial charge in [-0.25, -0.2) is 0 Å². The van der Waals surface area contributed by atoms with E-state index >= 15 is 0 Å². The van der Waals surface area contributed by atoms with E-state index in [-0.39, 0.29) is 6.54 Å². The van der Waals surface area contributed by atoms with Crippen LogP contribution in [0.2, 0.25) is 0 Å². The van der Waals surface area contributed by atoms with Crippen LogP contribution in [0.25, 0.3) is 0 Å². The van der Waals surface area contributed by atoms with Gasteiger partial charge in [0.2, 0.25) is 0 Å². The van der Waals surface area contributed by atoms with Crippen LogP contribution in [0.5, 0.6) is 0 Å². The molecule has 5 heteroatoms. The second kappa shape index (κ2) is 10.7. The quantitative estimate of drug-likeness (QED) is 0.477. The van der Waals surface area contributed by atoms with Gasteiger partial charge in [-0.3, -0.25) is 4.79 Å². The fraction of sp³-hybridized carbons (Fsp3) is 0.786. The summed E-state index contributed by atoms with van der Waals surface area (Å²) >= 11 is 0. The van der Waals surface area contributed by atoms with Gasteiger partial charge >= 0.3 is 12.1 Å². The summed E-state index contributed by atoms with van der Waals surface area (Å²) in [5.74, 6) is 0.752. The first-order chi connectivity index (χ1) is 8.98. The first-order valence-corrected chi connectivity index (χ1v) is 6.77. The Kier molecular flexibility index (Phi) is 10.1. The molecule has 1 amide bonds. The lowest BCUT2D eigenvalue weighted by atomic mass is 10.1. The predicted molar refractivity (Wildman–Crippen MR) is 69.5 cm³/mol. The predicted octanol–water partition coefficient (Wildman–Crippen LogP) is 3.81. The van der Waals surface area contributed by atoms with Crippen molar-refractivity contribution in [1.82, 2.24) is 5.32 Å². The molecule has 0 rings (SSSR count). The number of carbonyl (C=O) groups is 1. The smallest absolute Gasteiger partial charge is 0.348 e. The van der Waals surface area contributed by atoms with E-state index in [0.717, 1.165) is 51.4 Å². The summed E-state index contributed by atoms with van der Waals surface area (Å²) < 4.78 is 35.5. The minimum absolute atomic E-state index is 0.0977. The normalized spacial score (nSPS) is 11.1. The molecule has 1 N–H and O–H groups in total. The number of hydrogen-bond acceptors (Lipinski definition) is 1. The largest absolute Gasteiger partial charge is 0.471 e. The van der Waals surface area contributed by atoms with Crippen molar-refractivity contribution in [3.05, 3.63) is 0 Å². The maximum Gasteiger partial charge on any atom is 0.471 e. The molecule has 0 aliphatic heterocycles. The number of amides is 1. The zero-order valence-corrected chi connectivity index (χ0v) is 11.2. The molecule has 0 bridgehead atoms. The SMILES string of the molecule is C#CCCCCCCCCCCNC(=O)C(F)(F)F. The molecule has 0 unspecified atom stereocenters. The van der Waals surface area contributed by atoms with Gasteiger partial charge in [-0.1, -0.05) is 38.5 Å². The van der Waals surface area contributed by atoms with Crippen LogP contribution in [-0.2, 0) is 4.79 Å². The van der Waals surface area contributed by atoms with E-state index in [0.29, 0.717) is 6.42 Å². The number of terminal acetylenes is 1. The van der Waals surface area contributed by atoms with Crippen LogP contribution in [0.4, 0.5) is 13.2 Å². The molecule has 19 heavy (non-hydrogen) atoms. The molecule has 0 saturated heterocycles. The lowest BCUT2D eigenvalue weighted by Crippen LogP contribution is -2.37. The van der Waals surface area contributed by atoms with E-state index in [9.17, 15) is 18.0 Å². The van der Waals surface area contributed by atoms with Gasteiger partial charge in [-0.05, 0) is 12.8 Å². The molecule has 0 aliphatic carbocycles. The van der Waals surface area contributed by atoms with Gasteiger partial charge in [0.05, 0.1) is 0 Å². The van der Waals surface area contributed by atoms with Crippen molar-refractivity contribution in [2.75, 3.05) is 6.54 Å².